The highest BCUT2D eigenvalue weighted by Gasteiger charge is 2.09. The molecule has 4 nitrogen and oxygen atoms in total. The lowest BCUT2D eigenvalue weighted by atomic mass is 9.92. The van der Waals surface area contributed by atoms with Crippen molar-refractivity contribution in [3.63, 3.8) is 0 Å². The third-order valence-electron chi connectivity index (χ3n) is 6.92. The second-order valence-electron chi connectivity index (χ2n) is 9.75. The SMILES string of the molecule is CCCN(C)CCc1ccc(CN(CC)c2cccc(OC)c2)cc1.Oc1ccc2c(c1)CCCC2. The molecule has 4 heteroatoms. The van der Waals surface area contributed by atoms with Crippen LogP contribution in [0.2, 0.25) is 0 Å². The molecular formula is C32H44N2O2. The summed E-state index contributed by atoms with van der Waals surface area (Å²) in [5.41, 5.74) is 6.73. The highest BCUT2D eigenvalue weighted by Crippen LogP contribution is 2.24. The number of nitrogens with zero attached hydrogens (tertiary/aromatic N) is 2. The van der Waals surface area contributed by atoms with E-state index >= 15 is 0 Å². The van der Waals surface area contributed by atoms with Gasteiger partial charge in [0.1, 0.15) is 11.5 Å². The number of anilines is 1. The number of methoxy groups -OCH3 is 1. The number of hydrogen-bond donors (Lipinski definition) is 1. The summed E-state index contributed by atoms with van der Waals surface area (Å²) in [5.74, 6) is 1.31. The van der Waals surface area contributed by atoms with Gasteiger partial charge in [-0.05, 0) is 106 Å². The molecule has 194 valence electrons. The fraction of sp³-hybridized carbons (Fsp3) is 0.438. The number of phenolic OH excluding ortho intramolecular Hbond substituents is 1. The molecule has 0 atom stereocenters. The minimum Gasteiger partial charge on any atom is -0.508 e. The summed E-state index contributed by atoms with van der Waals surface area (Å²) in [6, 6.07) is 23.1. The summed E-state index contributed by atoms with van der Waals surface area (Å²) in [4.78, 5) is 4.77. The van der Waals surface area contributed by atoms with E-state index in [0.29, 0.717) is 5.75 Å². The maximum absolute atomic E-state index is 9.19. The van der Waals surface area contributed by atoms with Gasteiger partial charge in [0.2, 0.25) is 0 Å². The van der Waals surface area contributed by atoms with Crippen molar-refractivity contribution in [3.05, 3.63) is 89.0 Å². The number of hydrogen-bond acceptors (Lipinski definition) is 4. The van der Waals surface area contributed by atoms with Gasteiger partial charge in [-0.1, -0.05) is 43.3 Å². The lowest BCUT2D eigenvalue weighted by Crippen LogP contribution is -2.22. The number of rotatable bonds is 10. The molecule has 0 saturated heterocycles. The first-order valence-corrected chi connectivity index (χ1v) is 13.5. The largest absolute Gasteiger partial charge is 0.508 e. The number of phenols is 1. The van der Waals surface area contributed by atoms with Crippen LogP contribution in [0.4, 0.5) is 5.69 Å². The van der Waals surface area contributed by atoms with Crippen LogP contribution < -0.4 is 9.64 Å². The van der Waals surface area contributed by atoms with E-state index in [1.807, 2.05) is 24.3 Å². The molecule has 0 unspecified atom stereocenters. The summed E-state index contributed by atoms with van der Waals surface area (Å²) in [6.07, 6.45) is 7.24. The second-order valence-corrected chi connectivity index (χ2v) is 9.75. The Kier molecular flexibility index (Phi) is 11.2. The Hall–Kier alpha value is -2.98. The fourth-order valence-electron chi connectivity index (χ4n) is 4.76. The van der Waals surface area contributed by atoms with Gasteiger partial charge in [-0.15, -0.1) is 0 Å². The molecule has 0 bridgehead atoms. The predicted octanol–water partition coefficient (Wildman–Crippen LogP) is 6.88. The lowest BCUT2D eigenvalue weighted by molar-refractivity contribution is 0.339. The molecule has 3 aromatic carbocycles. The molecule has 0 radical (unpaired) electrons. The first-order chi connectivity index (χ1) is 17.5. The highest BCUT2D eigenvalue weighted by molar-refractivity contribution is 5.51. The predicted molar refractivity (Wildman–Crippen MR) is 152 cm³/mol. The molecule has 1 aliphatic carbocycles. The summed E-state index contributed by atoms with van der Waals surface area (Å²) < 4.78 is 5.35. The average Bonchev–Trinajstić information content (AvgIpc) is 2.91. The van der Waals surface area contributed by atoms with E-state index in [9.17, 15) is 5.11 Å². The van der Waals surface area contributed by atoms with Gasteiger partial charge in [-0.25, -0.2) is 0 Å². The summed E-state index contributed by atoms with van der Waals surface area (Å²) in [5, 5.41) is 9.19. The van der Waals surface area contributed by atoms with Crippen LogP contribution in [0.5, 0.6) is 11.5 Å². The lowest BCUT2D eigenvalue weighted by Gasteiger charge is -2.24. The van der Waals surface area contributed by atoms with Gasteiger partial charge in [0, 0.05) is 31.4 Å². The molecule has 0 spiro atoms. The monoisotopic (exact) mass is 488 g/mol. The van der Waals surface area contributed by atoms with Crippen molar-refractivity contribution in [1.82, 2.24) is 4.90 Å². The van der Waals surface area contributed by atoms with Gasteiger partial charge in [-0.3, -0.25) is 0 Å². The van der Waals surface area contributed by atoms with Crippen molar-refractivity contribution in [3.8, 4) is 11.5 Å². The van der Waals surface area contributed by atoms with Gasteiger partial charge in [0.05, 0.1) is 7.11 Å². The van der Waals surface area contributed by atoms with Crippen LogP contribution in [0.15, 0.2) is 66.7 Å². The van der Waals surface area contributed by atoms with Crippen LogP contribution >= 0.6 is 0 Å². The van der Waals surface area contributed by atoms with Gasteiger partial charge < -0.3 is 19.6 Å². The number of aryl methyl sites for hydroxylation is 2. The topological polar surface area (TPSA) is 35.9 Å². The normalized spacial score (nSPS) is 12.5. The molecule has 0 amide bonds. The quantitative estimate of drug-likeness (QED) is 0.338. The molecule has 0 aromatic heterocycles. The van der Waals surface area contributed by atoms with E-state index in [2.05, 4.69) is 67.1 Å². The maximum atomic E-state index is 9.19. The summed E-state index contributed by atoms with van der Waals surface area (Å²) >= 11 is 0. The van der Waals surface area contributed by atoms with Crippen LogP contribution in [0.25, 0.3) is 0 Å². The van der Waals surface area contributed by atoms with Crippen molar-refractivity contribution >= 4 is 5.69 Å². The standard InChI is InChI=1S/C22H32N2O.C10H12O/c1-5-15-23(3)16-14-19-10-12-20(13-11-19)18-24(6-2)21-8-7-9-22(17-21)25-4;11-10-6-5-8-3-1-2-4-9(8)7-10/h7-13,17H,5-6,14-16,18H2,1-4H3;5-7,11H,1-4H2. The highest BCUT2D eigenvalue weighted by atomic mass is 16.5. The Morgan fingerprint density at radius 2 is 1.56 bits per heavy atom. The smallest absolute Gasteiger partial charge is 0.120 e. The Balaban J connectivity index is 0.000000270. The zero-order valence-electron chi connectivity index (χ0n) is 22.7. The van der Waals surface area contributed by atoms with E-state index < -0.39 is 0 Å². The van der Waals surface area contributed by atoms with Crippen LogP contribution in [0.3, 0.4) is 0 Å². The Bertz CT molecular complexity index is 1050. The molecular weight excluding hydrogens is 444 g/mol. The summed E-state index contributed by atoms with van der Waals surface area (Å²) in [6.45, 7) is 8.60. The number of ether oxygens (including phenoxy) is 1. The zero-order chi connectivity index (χ0) is 25.8. The number of likely N-dealkylation sites (N-methyl/N-ethyl adjacent to an activating group) is 1. The third-order valence-corrected chi connectivity index (χ3v) is 6.92. The number of aromatic hydroxyl groups is 1. The molecule has 3 aromatic rings. The second kappa shape index (κ2) is 14.5. The van der Waals surface area contributed by atoms with Crippen LogP contribution in [0, 0.1) is 0 Å². The Labute approximate surface area is 218 Å². The van der Waals surface area contributed by atoms with E-state index in [4.69, 9.17) is 4.74 Å². The molecule has 36 heavy (non-hydrogen) atoms. The van der Waals surface area contributed by atoms with Crippen molar-refractivity contribution in [2.75, 3.05) is 38.7 Å². The molecule has 4 rings (SSSR count). The number of fused-ring (bicyclic) bond motifs is 1. The minimum absolute atomic E-state index is 0.408. The molecule has 1 aliphatic rings. The maximum Gasteiger partial charge on any atom is 0.120 e. The van der Waals surface area contributed by atoms with Crippen molar-refractivity contribution in [2.45, 2.75) is 58.9 Å². The molecule has 0 fully saturated rings. The van der Waals surface area contributed by atoms with Crippen molar-refractivity contribution in [2.24, 2.45) is 0 Å². The van der Waals surface area contributed by atoms with E-state index in [0.717, 1.165) is 38.2 Å². The van der Waals surface area contributed by atoms with Gasteiger partial charge in [0.15, 0.2) is 0 Å². The zero-order valence-corrected chi connectivity index (χ0v) is 22.7. The Morgan fingerprint density at radius 3 is 2.25 bits per heavy atom. The van der Waals surface area contributed by atoms with E-state index in [1.54, 1.807) is 13.2 Å². The molecule has 0 saturated carbocycles. The van der Waals surface area contributed by atoms with Crippen LogP contribution in [0.1, 0.15) is 55.4 Å². The van der Waals surface area contributed by atoms with Crippen LogP contribution in [-0.2, 0) is 25.8 Å². The summed E-state index contributed by atoms with van der Waals surface area (Å²) in [7, 11) is 3.91. The first kappa shape index (κ1) is 27.6. The van der Waals surface area contributed by atoms with Crippen LogP contribution in [-0.4, -0.2) is 43.8 Å². The first-order valence-electron chi connectivity index (χ1n) is 13.5. The molecule has 0 heterocycles. The van der Waals surface area contributed by atoms with E-state index in [-0.39, 0.29) is 0 Å². The van der Waals surface area contributed by atoms with Crippen molar-refractivity contribution in [1.29, 1.82) is 0 Å². The fourth-order valence-corrected chi connectivity index (χ4v) is 4.76. The van der Waals surface area contributed by atoms with E-state index in [1.165, 1.54) is 60.2 Å². The van der Waals surface area contributed by atoms with Gasteiger partial charge in [0.25, 0.3) is 0 Å². The van der Waals surface area contributed by atoms with Crippen molar-refractivity contribution < 1.29 is 9.84 Å². The Morgan fingerprint density at radius 1 is 0.833 bits per heavy atom. The third kappa shape index (κ3) is 8.60. The number of benzene rings is 3. The average molecular weight is 489 g/mol. The molecule has 0 aliphatic heterocycles. The minimum atomic E-state index is 0.408. The van der Waals surface area contributed by atoms with Gasteiger partial charge >= 0.3 is 0 Å². The molecule has 1 N–H and O–H groups in total. The van der Waals surface area contributed by atoms with Gasteiger partial charge in [-0.2, -0.15) is 0 Å².